The lowest BCUT2D eigenvalue weighted by molar-refractivity contribution is 0.0731. The Balaban J connectivity index is 1.51. The van der Waals surface area contributed by atoms with Crippen LogP contribution in [-0.2, 0) is 13.0 Å². The van der Waals surface area contributed by atoms with Gasteiger partial charge in [-0.3, -0.25) is 9.89 Å². The molecule has 1 amide bonds. The molecule has 6 nitrogen and oxygen atoms in total. The normalized spacial score (nSPS) is 15.2. The van der Waals surface area contributed by atoms with Gasteiger partial charge in [-0.15, -0.1) is 0 Å². The first-order valence-electron chi connectivity index (χ1n) is 8.43. The van der Waals surface area contributed by atoms with E-state index in [4.69, 9.17) is 0 Å². The summed E-state index contributed by atoms with van der Waals surface area (Å²) in [7, 11) is 4.12. The van der Waals surface area contributed by atoms with E-state index >= 15 is 0 Å². The van der Waals surface area contributed by atoms with E-state index in [2.05, 4.69) is 40.2 Å². The van der Waals surface area contributed by atoms with Gasteiger partial charge < -0.3 is 9.80 Å². The number of hydrogen-bond acceptors (Lipinski definition) is 4. The van der Waals surface area contributed by atoms with Gasteiger partial charge in [-0.25, -0.2) is 4.98 Å². The molecule has 4 rings (SSSR count). The third-order valence-corrected chi connectivity index (χ3v) is 4.88. The number of amides is 1. The smallest absolute Gasteiger partial charge is 0.254 e. The fourth-order valence-corrected chi connectivity index (χ4v) is 3.39. The highest BCUT2D eigenvalue weighted by molar-refractivity contribution is 5.98. The molecular weight excluding hydrogens is 314 g/mol. The summed E-state index contributed by atoms with van der Waals surface area (Å²) in [5.74, 6) is 0.130. The predicted octanol–water partition coefficient (Wildman–Crippen LogP) is 2.09. The van der Waals surface area contributed by atoms with E-state index in [-0.39, 0.29) is 11.9 Å². The number of pyridine rings is 1. The second-order valence-corrected chi connectivity index (χ2v) is 6.82. The summed E-state index contributed by atoms with van der Waals surface area (Å²) in [4.78, 5) is 21.2. The maximum atomic E-state index is 12.6. The Hall–Kier alpha value is -2.73. The first-order valence-corrected chi connectivity index (χ1v) is 8.43. The Morgan fingerprint density at radius 3 is 2.92 bits per heavy atom. The molecule has 1 aliphatic heterocycles. The van der Waals surface area contributed by atoms with Crippen molar-refractivity contribution in [3.63, 3.8) is 0 Å². The lowest BCUT2D eigenvalue weighted by Gasteiger charge is -2.29. The van der Waals surface area contributed by atoms with E-state index in [1.54, 1.807) is 6.20 Å². The molecule has 0 spiro atoms. The minimum atomic E-state index is 0.130. The highest BCUT2D eigenvalue weighted by atomic mass is 16.2. The van der Waals surface area contributed by atoms with Crippen molar-refractivity contribution >= 4 is 16.9 Å². The highest BCUT2D eigenvalue weighted by Gasteiger charge is 2.29. The fourth-order valence-electron chi connectivity index (χ4n) is 3.39. The van der Waals surface area contributed by atoms with Gasteiger partial charge in [-0.2, -0.15) is 5.10 Å². The number of likely N-dealkylation sites (N-methyl/N-ethyl adjacent to an activating group) is 1. The third kappa shape index (κ3) is 3.00. The van der Waals surface area contributed by atoms with Crippen molar-refractivity contribution < 1.29 is 4.79 Å². The van der Waals surface area contributed by atoms with Gasteiger partial charge in [-0.05, 0) is 43.8 Å². The number of carbonyl (C=O) groups is 1. The standard InChI is InChI=1S/C19H21N5O/c1-23(2)16(8-13-7-15-10-21-22-18(15)20-9-13)12-24-11-14-5-3-4-6-17(14)19(24)25/h3-7,9-10,16H,8,11-12H2,1-2H3,(H,20,21,22)/t16-/m0/s1. The SMILES string of the molecule is CN(C)[C@@H](Cc1cnc2[nH]ncc2c1)CN1Cc2ccccc2C1=O. The molecule has 0 unspecified atom stereocenters. The minimum Gasteiger partial charge on any atom is -0.333 e. The number of carbonyl (C=O) groups excluding carboxylic acids is 1. The molecule has 0 saturated carbocycles. The number of nitrogens with zero attached hydrogens (tertiary/aromatic N) is 4. The van der Waals surface area contributed by atoms with Gasteiger partial charge in [-0.1, -0.05) is 18.2 Å². The average molecular weight is 335 g/mol. The lowest BCUT2D eigenvalue weighted by atomic mass is 10.1. The zero-order valence-electron chi connectivity index (χ0n) is 14.4. The van der Waals surface area contributed by atoms with Crippen molar-refractivity contribution in [2.24, 2.45) is 0 Å². The lowest BCUT2D eigenvalue weighted by Crippen LogP contribution is -2.42. The Bertz CT molecular complexity index is 917. The van der Waals surface area contributed by atoms with E-state index in [0.29, 0.717) is 13.1 Å². The van der Waals surface area contributed by atoms with Crippen LogP contribution in [-0.4, -0.2) is 57.6 Å². The van der Waals surface area contributed by atoms with Gasteiger partial charge in [0.05, 0.1) is 6.20 Å². The number of benzene rings is 1. The topological polar surface area (TPSA) is 65.1 Å². The zero-order chi connectivity index (χ0) is 17.4. The third-order valence-electron chi connectivity index (χ3n) is 4.88. The molecule has 3 aromatic rings. The molecule has 3 heterocycles. The average Bonchev–Trinajstić information content (AvgIpc) is 3.19. The minimum absolute atomic E-state index is 0.130. The molecule has 1 atom stereocenters. The Kier molecular flexibility index (Phi) is 3.97. The van der Waals surface area contributed by atoms with Crippen LogP contribution in [0.4, 0.5) is 0 Å². The molecule has 2 aromatic heterocycles. The van der Waals surface area contributed by atoms with Gasteiger partial charge in [0.25, 0.3) is 5.91 Å². The molecule has 0 fully saturated rings. The molecule has 1 aromatic carbocycles. The quantitative estimate of drug-likeness (QED) is 0.775. The zero-order valence-corrected chi connectivity index (χ0v) is 14.4. The number of nitrogens with one attached hydrogen (secondary N) is 1. The van der Waals surface area contributed by atoms with Crippen LogP contribution < -0.4 is 0 Å². The molecule has 1 N–H and O–H groups in total. The van der Waals surface area contributed by atoms with Gasteiger partial charge in [0.1, 0.15) is 0 Å². The van der Waals surface area contributed by atoms with Gasteiger partial charge in [0, 0.05) is 36.3 Å². The second kappa shape index (κ2) is 6.29. The van der Waals surface area contributed by atoms with Crippen molar-refractivity contribution in [3.05, 3.63) is 59.4 Å². The van der Waals surface area contributed by atoms with Crippen molar-refractivity contribution in [1.29, 1.82) is 0 Å². The molecule has 0 radical (unpaired) electrons. The van der Waals surface area contributed by atoms with Gasteiger partial charge >= 0.3 is 0 Å². The van der Waals surface area contributed by atoms with E-state index < -0.39 is 0 Å². The summed E-state index contributed by atoms with van der Waals surface area (Å²) in [5.41, 5.74) is 3.90. The van der Waals surface area contributed by atoms with Crippen molar-refractivity contribution in [3.8, 4) is 0 Å². The molecule has 1 aliphatic rings. The molecule has 0 aliphatic carbocycles. The molecule has 0 bridgehead atoms. The Morgan fingerprint density at radius 1 is 1.28 bits per heavy atom. The number of fused-ring (bicyclic) bond motifs is 2. The van der Waals surface area contributed by atoms with Crippen molar-refractivity contribution in [1.82, 2.24) is 25.0 Å². The van der Waals surface area contributed by atoms with Crippen LogP contribution in [0.1, 0.15) is 21.5 Å². The van der Waals surface area contributed by atoms with E-state index in [9.17, 15) is 4.79 Å². The summed E-state index contributed by atoms with van der Waals surface area (Å²) in [6.45, 7) is 1.39. The van der Waals surface area contributed by atoms with Crippen LogP contribution in [0.5, 0.6) is 0 Å². The molecule has 0 saturated heterocycles. The summed E-state index contributed by atoms with van der Waals surface area (Å²) in [5, 5.41) is 7.91. The second-order valence-electron chi connectivity index (χ2n) is 6.82. The maximum absolute atomic E-state index is 12.6. The van der Waals surface area contributed by atoms with Crippen molar-refractivity contribution in [2.75, 3.05) is 20.6 Å². The summed E-state index contributed by atoms with van der Waals surface area (Å²) < 4.78 is 0. The van der Waals surface area contributed by atoms with Gasteiger partial charge in [0.15, 0.2) is 5.65 Å². The molecular formula is C19H21N5O. The molecule has 6 heteroatoms. The number of rotatable bonds is 5. The first-order chi connectivity index (χ1) is 12.1. The van der Waals surface area contributed by atoms with E-state index in [1.807, 2.05) is 35.4 Å². The summed E-state index contributed by atoms with van der Waals surface area (Å²) in [6, 6.07) is 10.2. The number of aromatic amines is 1. The summed E-state index contributed by atoms with van der Waals surface area (Å²) >= 11 is 0. The summed E-state index contributed by atoms with van der Waals surface area (Å²) in [6.07, 6.45) is 4.51. The fraction of sp³-hybridized carbons (Fsp3) is 0.316. The number of aromatic nitrogens is 3. The largest absolute Gasteiger partial charge is 0.333 e. The predicted molar refractivity (Wildman–Crippen MR) is 96.3 cm³/mol. The van der Waals surface area contributed by atoms with Crippen LogP contribution in [0.15, 0.2) is 42.7 Å². The maximum Gasteiger partial charge on any atom is 0.254 e. The highest BCUT2D eigenvalue weighted by Crippen LogP contribution is 2.23. The molecule has 128 valence electrons. The first kappa shape index (κ1) is 15.8. The van der Waals surface area contributed by atoms with Crippen LogP contribution in [0.25, 0.3) is 11.0 Å². The Labute approximate surface area is 146 Å². The van der Waals surface area contributed by atoms with E-state index in [1.165, 1.54) is 0 Å². The van der Waals surface area contributed by atoms with Crippen LogP contribution >= 0.6 is 0 Å². The van der Waals surface area contributed by atoms with Crippen molar-refractivity contribution in [2.45, 2.75) is 19.0 Å². The van der Waals surface area contributed by atoms with Crippen LogP contribution in [0, 0.1) is 0 Å². The number of H-pyrrole nitrogens is 1. The number of hydrogen-bond donors (Lipinski definition) is 1. The van der Waals surface area contributed by atoms with Gasteiger partial charge in [0.2, 0.25) is 0 Å². The van der Waals surface area contributed by atoms with Crippen LogP contribution in [0.3, 0.4) is 0 Å². The molecule has 25 heavy (non-hydrogen) atoms. The van der Waals surface area contributed by atoms with Crippen LogP contribution in [0.2, 0.25) is 0 Å². The Morgan fingerprint density at radius 2 is 2.12 bits per heavy atom. The van der Waals surface area contributed by atoms with E-state index in [0.717, 1.165) is 34.1 Å². The monoisotopic (exact) mass is 335 g/mol.